The lowest BCUT2D eigenvalue weighted by atomic mass is 10.2. The van der Waals surface area contributed by atoms with Crippen LogP contribution in [0, 0.1) is 0 Å². The topological polar surface area (TPSA) is 61.8 Å². The minimum atomic E-state index is -0.517. The molecule has 1 amide bonds. The molecule has 110 valence electrons. The fourth-order valence-corrected chi connectivity index (χ4v) is 2.49. The molecule has 0 aromatic carbocycles. The summed E-state index contributed by atoms with van der Waals surface area (Å²) in [6, 6.07) is 0.346. The highest BCUT2D eigenvalue weighted by molar-refractivity contribution is 5.82. The molecule has 19 heavy (non-hydrogen) atoms. The standard InChI is InChI=1S/C14H26N2O3/c1-10(2)19-9-12(17)8-16-7-3-4-13(16)14(18)15-11-5-6-11/h10-13,17H,3-9H2,1-2H3,(H,15,18). The summed E-state index contributed by atoms with van der Waals surface area (Å²) < 4.78 is 5.41. The van der Waals surface area contributed by atoms with Gasteiger partial charge in [0.25, 0.3) is 0 Å². The molecule has 5 nitrogen and oxygen atoms in total. The highest BCUT2D eigenvalue weighted by atomic mass is 16.5. The fraction of sp³-hybridized carbons (Fsp3) is 0.929. The van der Waals surface area contributed by atoms with Gasteiger partial charge in [-0.15, -0.1) is 0 Å². The van der Waals surface area contributed by atoms with Crippen molar-refractivity contribution in [3.63, 3.8) is 0 Å². The number of hydrogen-bond donors (Lipinski definition) is 2. The van der Waals surface area contributed by atoms with Crippen molar-refractivity contribution in [3.8, 4) is 0 Å². The molecule has 1 saturated carbocycles. The van der Waals surface area contributed by atoms with E-state index in [1.807, 2.05) is 13.8 Å². The Balaban J connectivity index is 1.75. The molecule has 0 bridgehead atoms. The molecule has 1 heterocycles. The number of amides is 1. The summed E-state index contributed by atoms with van der Waals surface area (Å²) in [7, 11) is 0. The predicted molar refractivity (Wildman–Crippen MR) is 72.9 cm³/mol. The molecular weight excluding hydrogens is 244 g/mol. The quantitative estimate of drug-likeness (QED) is 0.708. The van der Waals surface area contributed by atoms with E-state index in [1.54, 1.807) is 0 Å². The van der Waals surface area contributed by atoms with Crippen LogP contribution >= 0.6 is 0 Å². The van der Waals surface area contributed by atoms with Gasteiger partial charge in [-0.1, -0.05) is 0 Å². The maximum absolute atomic E-state index is 12.1. The van der Waals surface area contributed by atoms with E-state index < -0.39 is 6.10 Å². The smallest absolute Gasteiger partial charge is 0.237 e. The molecule has 2 fully saturated rings. The summed E-state index contributed by atoms with van der Waals surface area (Å²) in [6.45, 7) is 5.66. The lowest BCUT2D eigenvalue weighted by molar-refractivity contribution is -0.126. The third kappa shape index (κ3) is 4.75. The summed E-state index contributed by atoms with van der Waals surface area (Å²) in [5.41, 5.74) is 0. The van der Waals surface area contributed by atoms with Crippen LogP contribution in [0.1, 0.15) is 39.5 Å². The molecule has 0 aromatic heterocycles. The largest absolute Gasteiger partial charge is 0.389 e. The third-order valence-electron chi connectivity index (χ3n) is 3.66. The summed E-state index contributed by atoms with van der Waals surface area (Å²) in [6.07, 6.45) is 3.77. The van der Waals surface area contributed by atoms with Gasteiger partial charge in [0.1, 0.15) is 0 Å². The van der Waals surface area contributed by atoms with Gasteiger partial charge >= 0.3 is 0 Å². The van der Waals surface area contributed by atoms with E-state index in [1.165, 1.54) is 0 Å². The highest BCUT2D eigenvalue weighted by Gasteiger charge is 2.34. The molecule has 2 atom stereocenters. The van der Waals surface area contributed by atoms with E-state index in [0.717, 1.165) is 32.2 Å². The normalized spacial score (nSPS) is 25.8. The van der Waals surface area contributed by atoms with Gasteiger partial charge in [0.2, 0.25) is 5.91 Å². The summed E-state index contributed by atoms with van der Waals surface area (Å²) in [4.78, 5) is 14.2. The summed E-state index contributed by atoms with van der Waals surface area (Å²) in [5, 5.41) is 13.0. The van der Waals surface area contributed by atoms with Crippen LogP contribution in [0.3, 0.4) is 0 Å². The van der Waals surface area contributed by atoms with Crippen LogP contribution in [-0.2, 0) is 9.53 Å². The molecular formula is C14H26N2O3. The number of carbonyl (C=O) groups is 1. The number of likely N-dealkylation sites (tertiary alicyclic amines) is 1. The van der Waals surface area contributed by atoms with E-state index in [-0.39, 0.29) is 18.1 Å². The lowest BCUT2D eigenvalue weighted by Gasteiger charge is -2.26. The van der Waals surface area contributed by atoms with Crippen LogP contribution in [0.25, 0.3) is 0 Å². The Hall–Kier alpha value is -0.650. The fourth-order valence-electron chi connectivity index (χ4n) is 2.49. The molecule has 5 heteroatoms. The van der Waals surface area contributed by atoms with Gasteiger partial charge in [0.15, 0.2) is 0 Å². The summed E-state index contributed by atoms with van der Waals surface area (Å²) >= 11 is 0. The number of aliphatic hydroxyl groups is 1. The molecule has 1 saturated heterocycles. The van der Waals surface area contributed by atoms with E-state index in [0.29, 0.717) is 19.2 Å². The maximum Gasteiger partial charge on any atom is 0.237 e. The first-order valence-electron chi connectivity index (χ1n) is 7.40. The molecule has 1 aliphatic heterocycles. The lowest BCUT2D eigenvalue weighted by Crippen LogP contribution is -2.47. The number of carbonyl (C=O) groups excluding carboxylic acids is 1. The molecule has 1 aliphatic carbocycles. The zero-order chi connectivity index (χ0) is 13.8. The van der Waals surface area contributed by atoms with Crippen molar-refractivity contribution >= 4 is 5.91 Å². The molecule has 2 aliphatic rings. The van der Waals surface area contributed by atoms with Crippen molar-refractivity contribution in [2.75, 3.05) is 19.7 Å². The van der Waals surface area contributed by atoms with Crippen LogP contribution in [0.5, 0.6) is 0 Å². The van der Waals surface area contributed by atoms with Crippen LogP contribution in [0.2, 0.25) is 0 Å². The van der Waals surface area contributed by atoms with E-state index >= 15 is 0 Å². The molecule has 0 spiro atoms. The second-order valence-electron chi connectivity index (χ2n) is 5.97. The first kappa shape index (κ1) is 14.8. The maximum atomic E-state index is 12.1. The van der Waals surface area contributed by atoms with Crippen LogP contribution < -0.4 is 5.32 Å². The Bertz CT molecular complexity index is 305. The van der Waals surface area contributed by atoms with Crippen molar-refractivity contribution in [2.24, 2.45) is 0 Å². The number of hydrogen-bond acceptors (Lipinski definition) is 4. The first-order valence-corrected chi connectivity index (χ1v) is 7.40. The van der Waals surface area contributed by atoms with E-state index in [9.17, 15) is 9.90 Å². The minimum absolute atomic E-state index is 0.0608. The number of nitrogens with zero attached hydrogens (tertiary/aromatic N) is 1. The first-order chi connectivity index (χ1) is 9.06. The van der Waals surface area contributed by atoms with Crippen LogP contribution in [0.4, 0.5) is 0 Å². The Kier molecular flexibility index (Phi) is 5.19. The van der Waals surface area contributed by atoms with Gasteiger partial charge in [0.05, 0.1) is 24.9 Å². The number of β-amino-alcohol motifs (C(OH)–C–C–N with tert-alkyl or cyclic N) is 1. The number of aliphatic hydroxyl groups excluding tert-OH is 1. The monoisotopic (exact) mass is 270 g/mol. The Morgan fingerprint density at radius 2 is 2.16 bits per heavy atom. The molecule has 2 N–H and O–H groups in total. The molecule has 0 aromatic rings. The van der Waals surface area contributed by atoms with Crippen molar-refractivity contribution in [3.05, 3.63) is 0 Å². The molecule has 2 unspecified atom stereocenters. The zero-order valence-corrected chi connectivity index (χ0v) is 12.0. The number of rotatable bonds is 7. The van der Waals surface area contributed by atoms with Crippen LogP contribution in [0.15, 0.2) is 0 Å². The molecule has 2 rings (SSSR count). The van der Waals surface area contributed by atoms with Crippen molar-refractivity contribution in [1.29, 1.82) is 0 Å². The highest BCUT2D eigenvalue weighted by Crippen LogP contribution is 2.22. The average molecular weight is 270 g/mol. The van der Waals surface area contributed by atoms with Gasteiger partial charge in [-0.2, -0.15) is 0 Å². The van der Waals surface area contributed by atoms with Gasteiger partial charge < -0.3 is 15.2 Å². The van der Waals surface area contributed by atoms with E-state index in [2.05, 4.69) is 10.2 Å². The third-order valence-corrected chi connectivity index (χ3v) is 3.66. The van der Waals surface area contributed by atoms with Crippen molar-refractivity contribution in [1.82, 2.24) is 10.2 Å². The van der Waals surface area contributed by atoms with Crippen molar-refractivity contribution < 1.29 is 14.6 Å². The van der Waals surface area contributed by atoms with Gasteiger partial charge in [0, 0.05) is 12.6 Å². The SMILES string of the molecule is CC(C)OCC(O)CN1CCCC1C(=O)NC1CC1. The Morgan fingerprint density at radius 3 is 2.79 bits per heavy atom. The van der Waals surface area contributed by atoms with Crippen molar-refractivity contribution in [2.45, 2.75) is 63.8 Å². The van der Waals surface area contributed by atoms with Gasteiger partial charge in [-0.25, -0.2) is 0 Å². The Morgan fingerprint density at radius 1 is 1.42 bits per heavy atom. The predicted octanol–water partition coefficient (Wildman–Crippen LogP) is 0.515. The minimum Gasteiger partial charge on any atom is -0.389 e. The van der Waals surface area contributed by atoms with E-state index in [4.69, 9.17) is 4.74 Å². The number of nitrogens with one attached hydrogen (secondary N) is 1. The second-order valence-corrected chi connectivity index (χ2v) is 5.97. The average Bonchev–Trinajstić information content (AvgIpc) is 3.03. The summed E-state index contributed by atoms with van der Waals surface area (Å²) in [5.74, 6) is 0.136. The molecule has 0 radical (unpaired) electrons. The van der Waals surface area contributed by atoms with Gasteiger partial charge in [-0.05, 0) is 46.1 Å². The zero-order valence-electron chi connectivity index (χ0n) is 12.0. The Labute approximate surface area is 115 Å². The van der Waals surface area contributed by atoms with Crippen LogP contribution in [-0.4, -0.2) is 59.9 Å². The second kappa shape index (κ2) is 6.68. The van der Waals surface area contributed by atoms with Gasteiger partial charge in [-0.3, -0.25) is 9.69 Å². The number of ether oxygens (including phenoxy) is 1.